The van der Waals surface area contributed by atoms with E-state index in [1.807, 2.05) is 36.4 Å². The van der Waals surface area contributed by atoms with Crippen molar-refractivity contribution < 1.29 is 9.53 Å². The first-order valence-electron chi connectivity index (χ1n) is 7.97. The molecule has 0 fully saturated rings. The van der Waals surface area contributed by atoms with Crippen LogP contribution in [0.4, 0.5) is 0 Å². The molecule has 0 radical (unpaired) electrons. The lowest BCUT2D eigenvalue weighted by Crippen LogP contribution is -2.19. The molecule has 1 amide bonds. The van der Waals surface area contributed by atoms with Gasteiger partial charge in [-0.15, -0.1) is 11.8 Å². The monoisotopic (exact) mass is 354 g/mol. The van der Waals surface area contributed by atoms with E-state index < -0.39 is 0 Å². The summed E-state index contributed by atoms with van der Waals surface area (Å²) in [5.41, 5.74) is 5.90. The van der Waals surface area contributed by atoms with Gasteiger partial charge in [0.1, 0.15) is 12.4 Å². The Hall–Kier alpha value is -2.53. The van der Waals surface area contributed by atoms with Crippen molar-refractivity contribution >= 4 is 23.9 Å². The fourth-order valence-electron chi connectivity index (χ4n) is 2.08. The van der Waals surface area contributed by atoms with Crippen molar-refractivity contribution in [1.29, 1.82) is 0 Å². The molecular weight excluding hydrogens is 332 g/mol. The fraction of sp³-hybridized carbons (Fsp3) is 0.200. The van der Waals surface area contributed by atoms with Crippen LogP contribution in [0.5, 0.6) is 5.75 Å². The summed E-state index contributed by atoms with van der Waals surface area (Å²) >= 11 is 1.57. The molecule has 0 aromatic heterocycles. The fourth-order valence-corrected chi connectivity index (χ4v) is 2.97. The van der Waals surface area contributed by atoms with E-state index in [4.69, 9.17) is 4.74 Å². The molecule has 0 heterocycles. The van der Waals surface area contributed by atoms with E-state index in [0.717, 1.165) is 17.1 Å². The van der Waals surface area contributed by atoms with Gasteiger partial charge < -0.3 is 4.74 Å². The molecule has 4 nitrogen and oxygen atoms in total. The molecule has 1 N–H and O–H groups in total. The number of amides is 1. The van der Waals surface area contributed by atoms with E-state index >= 15 is 0 Å². The highest BCUT2D eigenvalue weighted by Crippen LogP contribution is 2.15. The van der Waals surface area contributed by atoms with E-state index in [-0.39, 0.29) is 5.91 Å². The summed E-state index contributed by atoms with van der Waals surface area (Å²) in [5, 5.41) is 3.99. The SMILES string of the molecule is C=CCOc1cccc(/C=N\NC(=O)CSCc2ccccc2C)c1. The molecule has 0 aliphatic heterocycles. The summed E-state index contributed by atoms with van der Waals surface area (Å²) in [6.45, 7) is 6.15. The standard InChI is InChI=1S/C20H22N2O2S/c1-3-11-24-19-10-6-8-17(12-19)13-21-22-20(23)15-25-14-18-9-5-4-7-16(18)2/h3-10,12-13H,1,11,14-15H2,2H3,(H,22,23)/b21-13-. The number of thioether (sulfide) groups is 1. The summed E-state index contributed by atoms with van der Waals surface area (Å²) in [7, 11) is 0. The quantitative estimate of drug-likeness (QED) is 0.421. The Morgan fingerprint density at radius 1 is 1.28 bits per heavy atom. The molecule has 0 spiro atoms. The molecule has 25 heavy (non-hydrogen) atoms. The second-order valence-corrected chi connectivity index (χ2v) is 6.37. The Balaban J connectivity index is 1.75. The predicted molar refractivity (Wildman–Crippen MR) is 105 cm³/mol. The van der Waals surface area contributed by atoms with Crippen LogP contribution < -0.4 is 10.2 Å². The molecule has 0 aliphatic rings. The van der Waals surface area contributed by atoms with Crippen molar-refractivity contribution in [2.75, 3.05) is 12.4 Å². The molecular formula is C20H22N2O2S. The molecule has 2 aromatic rings. The molecule has 0 atom stereocenters. The second-order valence-electron chi connectivity index (χ2n) is 5.38. The molecule has 5 heteroatoms. The molecule has 0 saturated carbocycles. The first-order chi connectivity index (χ1) is 12.2. The Bertz CT molecular complexity index is 744. The maximum Gasteiger partial charge on any atom is 0.250 e. The zero-order valence-corrected chi connectivity index (χ0v) is 15.1. The largest absolute Gasteiger partial charge is 0.490 e. The van der Waals surface area contributed by atoms with Gasteiger partial charge in [0.05, 0.1) is 12.0 Å². The Morgan fingerprint density at radius 2 is 2.12 bits per heavy atom. The van der Waals surface area contributed by atoms with Gasteiger partial charge in [-0.3, -0.25) is 4.79 Å². The van der Waals surface area contributed by atoms with Crippen LogP contribution in [-0.4, -0.2) is 24.5 Å². The highest BCUT2D eigenvalue weighted by molar-refractivity contribution is 7.99. The lowest BCUT2D eigenvalue weighted by Gasteiger charge is -2.05. The average molecular weight is 354 g/mol. The summed E-state index contributed by atoms with van der Waals surface area (Å²) in [6.07, 6.45) is 3.29. The maximum absolute atomic E-state index is 11.8. The molecule has 2 rings (SSSR count). The van der Waals surface area contributed by atoms with Crippen molar-refractivity contribution in [2.45, 2.75) is 12.7 Å². The van der Waals surface area contributed by atoms with E-state index in [1.165, 1.54) is 11.1 Å². The van der Waals surface area contributed by atoms with Gasteiger partial charge in [0.15, 0.2) is 0 Å². The summed E-state index contributed by atoms with van der Waals surface area (Å²) in [5.74, 6) is 1.80. The van der Waals surface area contributed by atoms with Gasteiger partial charge in [-0.05, 0) is 35.7 Å². The second kappa shape index (κ2) is 10.4. The zero-order chi connectivity index (χ0) is 17.9. The molecule has 0 bridgehead atoms. The van der Waals surface area contributed by atoms with Gasteiger partial charge in [0.2, 0.25) is 5.91 Å². The van der Waals surface area contributed by atoms with Crippen LogP contribution in [0.3, 0.4) is 0 Å². The van der Waals surface area contributed by atoms with Crippen molar-refractivity contribution in [2.24, 2.45) is 5.10 Å². The van der Waals surface area contributed by atoms with Crippen LogP contribution in [0.15, 0.2) is 66.3 Å². The number of hydrogen-bond acceptors (Lipinski definition) is 4. The number of ether oxygens (including phenoxy) is 1. The van der Waals surface area contributed by atoms with Crippen molar-refractivity contribution in [3.8, 4) is 5.75 Å². The number of aryl methyl sites for hydroxylation is 1. The molecule has 130 valence electrons. The van der Waals surface area contributed by atoms with Gasteiger partial charge >= 0.3 is 0 Å². The van der Waals surface area contributed by atoms with Crippen molar-refractivity contribution in [1.82, 2.24) is 5.43 Å². The predicted octanol–water partition coefficient (Wildman–Crippen LogP) is 3.94. The number of benzene rings is 2. The lowest BCUT2D eigenvalue weighted by molar-refractivity contribution is -0.118. The summed E-state index contributed by atoms with van der Waals surface area (Å²) in [6, 6.07) is 15.7. The third-order valence-electron chi connectivity index (χ3n) is 3.38. The average Bonchev–Trinajstić information content (AvgIpc) is 2.62. The molecule has 2 aromatic carbocycles. The number of carbonyl (C=O) groups excluding carboxylic acids is 1. The Kier molecular flexibility index (Phi) is 7.79. The van der Waals surface area contributed by atoms with Crippen molar-refractivity contribution in [3.63, 3.8) is 0 Å². The third kappa shape index (κ3) is 6.85. The first-order valence-corrected chi connectivity index (χ1v) is 9.12. The number of hydrazone groups is 1. The number of carbonyl (C=O) groups is 1. The number of nitrogens with zero attached hydrogens (tertiary/aromatic N) is 1. The van der Waals surface area contributed by atoms with Gasteiger partial charge in [0, 0.05) is 5.75 Å². The Morgan fingerprint density at radius 3 is 2.92 bits per heavy atom. The van der Waals surface area contributed by atoms with Gasteiger partial charge in [-0.2, -0.15) is 5.10 Å². The molecule has 0 saturated heterocycles. The molecule has 0 unspecified atom stereocenters. The first kappa shape index (κ1) is 18.8. The number of rotatable bonds is 9. The summed E-state index contributed by atoms with van der Waals surface area (Å²) in [4.78, 5) is 11.8. The minimum atomic E-state index is -0.117. The number of nitrogens with one attached hydrogen (secondary N) is 1. The maximum atomic E-state index is 11.8. The zero-order valence-electron chi connectivity index (χ0n) is 14.3. The van der Waals surface area contributed by atoms with E-state index in [1.54, 1.807) is 24.1 Å². The summed E-state index contributed by atoms with van der Waals surface area (Å²) < 4.78 is 5.46. The lowest BCUT2D eigenvalue weighted by atomic mass is 10.1. The van der Waals surface area contributed by atoms with Crippen LogP contribution >= 0.6 is 11.8 Å². The molecule has 0 aliphatic carbocycles. The van der Waals surface area contributed by atoms with Crippen LogP contribution in [-0.2, 0) is 10.5 Å². The minimum absolute atomic E-state index is 0.117. The topological polar surface area (TPSA) is 50.7 Å². The van der Waals surface area contributed by atoms with E-state index in [0.29, 0.717) is 12.4 Å². The number of hydrogen-bond donors (Lipinski definition) is 1. The van der Waals surface area contributed by atoms with Crippen LogP contribution in [0.1, 0.15) is 16.7 Å². The van der Waals surface area contributed by atoms with Gasteiger partial charge in [0.25, 0.3) is 0 Å². The highest BCUT2D eigenvalue weighted by Gasteiger charge is 2.02. The highest BCUT2D eigenvalue weighted by atomic mass is 32.2. The van der Waals surface area contributed by atoms with Gasteiger partial charge in [-0.25, -0.2) is 5.43 Å². The van der Waals surface area contributed by atoms with Crippen LogP contribution in [0.2, 0.25) is 0 Å². The minimum Gasteiger partial charge on any atom is -0.490 e. The van der Waals surface area contributed by atoms with Crippen LogP contribution in [0, 0.1) is 6.92 Å². The smallest absolute Gasteiger partial charge is 0.250 e. The third-order valence-corrected chi connectivity index (χ3v) is 4.36. The van der Waals surface area contributed by atoms with E-state index in [9.17, 15) is 4.79 Å². The Labute approximate surface area is 153 Å². The van der Waals surface area contributed by atoms with Crippen molar-refractivity contribution in [3.05, 3.63) is 77.9 Å². The normalized spacial score (nSPS) is 10.6. The van der Waals surface area contributed by atoms with E-state index in [2.05, 4.69) is 36.2 Å². The van der Waals surface area contributed by atoms with Crippen LogP contribution in [0.25, 0.3) is 0 Å². The van der Waals surface area contributed by atoms with Gasteiger partial charge in [-0.1, -0.05) is 49.1 Å².